The molecule has 5 nitrogen and oxygen atoms in total. The van der Waals surface area contributed by atoms with Gasteiger partial charge in [0, 0.05) is 5.39 Å². The largest absolute Gasteiger partial charge is 0.442 e. The predicted octanol–water partition coefficient (Wildman–Crippen LogP) is 2.77. The first-order valence-corrected chi connectivity index (χ1v) is 5.68. The Bertz CT molecular complexity index is 656. The van der Waals surface area contributed by atoms with Crippen LogP contribution in [0.25, 0.3) is 10.9 Å². The van der Waals surface area contributed by atoms with Gasteiger partial charge in [-0.05, 0) is 39.0 Å². The minimum absolute atomic E-state index is 0.000333. The molecule has 0 aliphatic rings. The standard InChI is InChI=1S/C13H13FN2O3/c1-13(2,3)19-12(18)16-11-5-4-8(14)6-9(11)10(7-17)15-16/h4-7H,1-3H3. The molecule has 0 unspecified atom stereocenters. The minimum Gasteiger partial charge on any atom is -0.442 e. The smallest absolute Gasteiger partial charge is 0.435 e. The van der Waals surface area contributed by atoms with E-state index >= 15 is 0 Å². The lowest BCUT2D eigenvalue weighted by molar-refractivity contribution is 0.0522. The highest BCUT2D eigenvalue weighted by Crippen LogP contribution is 2.20. The number of hydrogen-bond acceptors (Lipinski definition) is 4. The second-order valence-electron chi connectivity index (χ2n) is 5.06. The third-order valence-corrected chi connectivity index (χ3v) is 2.35. The van der Waals surface area contributed by atoms with Crippen LogP contribution in [0.2, 0.25) is 0 Å². The van der Waals surface area contributed by atoms with Crippen LogP contribution in [0.3, 0.4) is 0 Å². The van der Waals surface area contributed by atoms with Crippen LogP contribution in [-0.4, -0.2) is 27.8 Å². The zero-order valence-electron chi connectivity index (χ0n) is 10.8. The second kappa shape index (κ2) is 4.46. The maximum atomic E-state index is 13.2. The highest BCUT2D eigenvalue weighted by atomic mass is 19.1. The van der Waals surface area contributed by atoms with E-state index in [4.69, 9.17) is 4.74 Å². The van der Waals surface area contributed by atoms with Crippen LogP contribution in [-0.2, 0) is 4.74 Å². The number of carbonyl (C=O) groups excluding carboxylic acids is 2. The average molecular weight is 264 g/mol. The number of carbonyl (C=O) groups is 2. The summed E-state index contributed by atoms with van der Waals surface area (Å²) in [6, 6.07) is 3.74. The molecule has 0 N–H and O–H groups in total. The van der Waals surface area contributed by atoms with E-state index < -0.39 is 17.5 Å². The molecule has 0 amide bonds. The molecular weight excluding hydrogens is 251 g/mol. The first-order chi connectivity index (χ1) is 8.81. The van der Waals surface area contributed by atoms with Crippen molar-refractivity contribution in [1.29, 1.82) is 0 Å². The molecule has 0 fully saturated rings. The Morgan fingerprint density at radius 2 is 2.11 bits per heavy atom. The van der Waals surface area contributed by atoms with Gasteiger partial charge < -0.3 is 4.74 Å². The summed E-state index contributed by atoms with van der Waals surface area (Å²) >= 11 is 0. The van der Waals surface area contributed by atoms with Crippen LogP contribution >= 0.6 is 0 Å². The summed E-state index contributed by atoms with van der Waals surface area (Å²) in [6.45, 7) is 5.16. The third kappa shape index (κ3) is 2.62. The van der Waals surface area contributed by atoms with E-state index in [2.05, 4.69) is 5.10 Å². The molecule has 0 saturated heterocycles. The Labute approximate surface area is 109 Å². The van der Waals surface area contributed by atoms with Crippen LogP contribution < -0.4 is 0 Å². The Hall–Kier alpha value is -2.24. The van der Waals surface area contributed by atoms with Crippen molar-refractivity contribution in [3.63, 3.8) is 0 Å². The Morgan fingerprint density at radius 3 is 2.68 bits per heavy atom. The van der Waals surface area contributed by atoms with E-state index in [-0.39, 0.29) is 11.1 Å². The average Bonchev–Trinajstić information content (AvgIpc) is 2.64. The van der Waals surface area contributed by atoms with Gasteiger partial charge in [-0.1, -0.05) is 0 Å². The van der Waals surface area contributed by atoms with E-state index in [0.29, 0.717) is 11.8 Å². The lowest BCUT2D eigenvalue weighted by Gasteiger charge is -2.19. The molecule has 1 aromatic carbocycles. The van der Waals surface area contributed by atoms with Crippen molar-refractivity contribution in [2.45, 2.75) is 26.4 Å². The SMILES string of the molecule is CC(C)(C)OC(=O)n1nc(C=O)c2cc(F)ccc21. The van der Waals surface area contributed by atoms with E-state index in [0.717, 1.165) is 10.7 Å². The van der Waals surface area contributed by atoms with E-state index in [9.17, 15) is 14.0 Å². The Balaban J connectivity index is 2.55. The van der Waals surface area contributed by atoms with Gasteiger partial charge in [-0.3, -0.25) is 4.79 Å². The topological polar surface area (TPSA) is 61.2 Å². The summed E-state index contributed by atoms with van der Waals surface area (Å²) in [5, 5.41) is 4.12. The first-order valence-electron chi connectivity index (χ1n) is 5.68. The third-order valence-electron chi connectivity index (χ3n) is 2.35. The number of aldehydes is 1. The fourth-order valence-electron chi connectivity index (χ4n) is 1.64. The van der Waals surface area contributed by atoms with Crippen molar-refractivity contribution in [1.82, 2.24) is 9.78 Å². The number of fused-ring (bicyclic) bond motifs is 1. The van der Waals surface area contributed by atoms with Crippen LogP contribution in [0.4, 0.5) is 9.18 Å². The number of halogens is 1. The quantitative estimate of drug-likeness (QED) is 0.743. The fraction of sp³-hybridized carbons (Fsp3) is 0.308. The normalized spacial score (nSPS) is 11.6. The van der Waals surface area contributed by atoms with Crippen LogP contribution in [0, 0.1) is 5.82 Å². The zero-order chi connectivity index (χ0) is 14.2. The van der Waals surface area contributed by atoms with Gasteiger partial charge in [-0.15, -0.1) is 0 Å². The van der Waals surface area contributed by atoms with Crippen molar-refractivity contribution in [2.24, 2.45) is 0 Å². The maximum absolute atomic E-state index is 13.2. The number of aromatic nitrogens is 2. The molecule has 2 rings (SSSR count). The van der Waals surface area contributed by atoms with E-state index in [1.54, 1.807) is 20.8 Å². The number of rotatable bonds is 1. The predicted molar refractivity (Wildman–Crippen MR) is 66.7 cm³/mol. The van der Waals surface area contributed by atoms with E-state index in [1.807, 2.05) is 0 Å². The molecule has 1 heterocycles. The molecule has 1 aromatic heterocycles. The molecule has 100 valence electrons. The molecule has 0 bridgehead atoms. The zero-order valence-corrected chi connectivity index (χ0v) is 10.8. The summed E-state index contributed by atoms with van der Waals surface area (Å²) in [5.74, 6) is -0.501. The minimum atomic E-state index is -0.711. The van der Waals surface area contributed by atoms with Gasteiger partial charge in [0.05, 0.1) is 5.52 Å². The number of ether oxygens (including phenoxy) is 1. The number of hydrogen-bond donors (Lipinski definition) is 0. The molecule has 2 aromatic rings. The van der Waals surface area contributed by atoms with Crippen LogP contribution in [0.5, 0.6) is 0 Å². The van der Waals surface area contributed by atoms with Gasteiger partial charge in [-0.25, -0.2) is 9.18 Å². The molecule has 6 heteroatoms. The number of nitrogens with zero attached hydrogens (tertiary/aromatic N) is 2. The Morgan fingerprint density at radius 1 is 1.42 bits per heavy atom. The lowest BCUT2D eigenvalue weighted by atomic mass is 10.2. The molecule has 0 saturated carbocycles. The fourth-order valence-corrected chi connectivity index (χ4v) is 1.64. The second-order valence-corrected chi connectivity index (χ2v) is 5.06. The highest BCUT2D eigenvalue weighted by Gasteiger charge is 2.22. The van der Waals surface area contributed by atoms with Crippen molar-refractivity contribution in [2.75, 3.05) is 0 Å². The van der Waals surface area contributed by atoms with Gasteiger partial charge >= 0.3 is 6.09 Å². The van der Waals surface area contributed by atoms with Crippen LogP contribution in [0.15, 0.2) is 18.2 Å². The van der Waals surface area contributed by atoms with Crippen molar-refractivity contribution in [3.8, 4) is 0 Å². The first kappa shape index (κ1) is 13.2. The number of benzene rings is 1. The molecule has 0 aliphatic heterocycles. The molecule has 0 spiro atoms. The lowest BCUT2D eigenvalue weighted by Crippen LogP contribution is -2.27. The van der Waals surface area contributed by atoms with Gasteiger partial charge in [-0.2, -0.15) is 9.78 Å². The van der Waals surface area contributed by atoms with Gasteiger partial charge in [0.15, 0.2) is 6.29 Å². The monoisotopic (exact) mass is 264 g/mol. The summed E-state index contributed by atoms with van der Waals surface area (Å²) in [7, 11) is 0. The molecule has 0 atom stereocenters. The summed E-state index contributed by atoms with van der Waals surface area (Å²) < 4.78 is 19.3. The summed E-state index contributed by atoms with van der Waals surface area (Å²) in [5.41, 5.74) is -0.352. The van der Waals surface area contributed by atoms with E-state index in [1.165, 1.54) is 12.1 Å². The summed E-state index contributed by atoms with van der Waals surface area (Å²) in [6.07, 6.45) is -0.236. The van der Waals surface area contributed by atoms with Crippen molar-refractivity contribution < 1.29 is 18.7 Å². The van der Waals surface area contributed by atoms with Gasteiger partial charge in [0.2, 0.25) is 0 Å². The van der Waals surface area contributed by atoms with Crippen LogP contribution in [0.1, 0.15) is 31.3 Å². The van der Waals surface area contributed by atoms with Crippen molar-refractivity contribution in [3.05, 3.63) is 29.7 Å². The van der Waals surface area contributed by atoms with Gasteiger partial charge in [0.25, 0.3) is 0 Å². The van der Waals surface area contributed by atoms with Gasteiger partial charge in [0.1, 0.15) is 17.1 Å². The maximum Gasteiger partial charge on any atom is 0.435 e. The molecule has 19 heavy (non-hydrogen) atoms. The van der Waals surface area contributed by atoms with Crippen molar-refractivity contribution >= 4 is 23.3 Å². The molecule has 0 aliphatic carbocycles. The highest BCUT2D eigenvalue weighted by molar-refractivity contribution is 5.98. The summed E-state index contributed by atoms with van der Waals surface area (Å²) in [4.78, 5) is 22.9. The molecule has 0 radical (unpaired) electrons. The Kier molecular flexibility index (Phi) is 3.09. The molecular formula is C13H13FN2O3.